The predicted octanol–water partition coefficient (Wildman–Crippen LogP) is 3.33. The van der Waals surface area contributed by atoms with Crippen LogP contribution in [0.1, 0.15) is 37.7 Å². The van der Waals surface area contributed by atoms with Crippen LogP contribution in [-0.4, -0.2) is 21.7 Å². The summed E-state index contributed by atoms with van der Waals surface area (Å²) in [4.78, 5) is 11.9. The summed E-state index contributed by atoms with van der Waals surface area (Å²) in [5, 5.41) is 7.39. The van der Waals surface area contributed by atoms with Crippen LogP contribution < -0.4 is 5.32 Å². The number of amides is 1. The highest BCUT2D eigenvalue weighted by Gasteiger charge is 2.14. The summed E-state index contributed by atoms with van der Waals surface area (Å²) in [6.45, 7) is 0. The average molecular weight is 295 g/mol. The van der Waals surface area contributed by atoms with E-state index < -0.39 is 0 Å². The van der Waals surface area contributed by atoms with Gasteiger partial charge in [0.1, 0.15) is 0 Å². The highest BCUT2D eigenvalue weighted by Crippen LogP contribution is 2.17. The van der Waals surface area contributed by atoms with Gasteiger partial charge in [-0.05, 0) is 31.1 Å². The zero-order valence-electron chi connectivity index (χ0n) is 12.6. The van der Waals surface area contributed by atoms with Crippen molar-refractivity contribution in [1.29, 1.82) is 0 Å². The second kappa shape index (κ2) is 7.07. The molecule has 1 saturated carbocycles. The Morgan fingerprint density at radius 2 is 1.95 bits per heavy atom. The van der Waals surface area contributed by atoms with Gasteiger partial charge in [-0.25, -0.2) is 4.68 Å². The number of carbonyl (C=O) groups is 1. The minimum atomic E-state index is -0.0145. The Kier molecular flexibility index (Phi) is 4.68. The Labute approximate surface area is 130 Å². The fourth-order valence-corrected chi connectivity index (χ4v) is 2.81. The van der Waals surface area contributed by atoms with Crippen LogP contribution in [0.5, 0.6) is 0 Å². The Hall–Kier alpha value is -2.36. The zero-order chi connectivity index (χ0) is 15.2. The predicted molar refractivity (Wildman–Crippen MR) is 87.6 cm³/mol. The number of rotatable bonds is 4. The number of hydrogen-bond donors (Lipinski definition) is 1. The van der Waals surface area contributed by atoms with E-state index in [1.165, 1.54) is 19.3 Å². The van der Waals surface area contributed by atoms with Gasteiger partial charge in [0.05, 0.1) is 11.9 Å². The second-order valence-electron chi connectivity index (χ2n) is 5.73. The molecule has 1 aromatic carbocycles. The van der Waals surface area contributed by atoms with Crippen molar-refractivity contribution >= 4 is 12.0 Å². The number of hydrogen-bond acceptors (Lipinski definition) is 2. The smallest absolute Gasteiger partial charge is 0.244 e. The molecule has 3 rings (SSSR count). The van der Waals surface area contributed by atoms with Crippen LogP contribution in [0, 0.1) is 0 Å². The maximum Gasteiger partial charge on any atom is 0.244 e. The van der Waals surface area contributed by atoms with Crippen molar-refractivity contribution in [3.05, 3.63) is 54.4 Å². The number of para-hydroxylation sites is 1. The first-order valence-electron chi connectivity index (χ1n) is 7.90. The highest BCUT2D eigenvalue weighted by molar-refractivity contribution is 5.91. The Bertz CT molecular complexity index is 639. The van der Waals surface area contributed by atoms with Gasteiger partial charge in [0.25, 0.3) is 0 Å². The van der Waals surface area contributed by atoms with Crippen molar-refractivity contribution in [1.82, 2.24) is 15.1 Å². The Morgan fingerprint density at radius 3 is 2.73 bits per heavy atom. The third-order valence-electron chi connectivity index (χ3n) is 4.00. The Morgan fingerprint density at radius 1 is 1.18 bits per heavy atom. The van der Waals surface area contributed by atoms with Gasteiger partial charge in [-0.3, -0.25) is 4.79 Å². The van der Waals surface area contributed by atoms with Crippen molar-refractivity contribution < 1.29 is 4.79 Å². The largest absolute Gasteiger partial charge is 0.350 e. The molecule has 0 radical (unpaired) electrons. The monoisotopic (exact) mass is 295 g/mol. The summed E-state index contributed by atoms with van der Waals surface area (Å²) in [5.74, 6) is -0.0145. The van der Waals surface area contributed by atoms with Gasteiger partial charge in [-0.2, -0.15) is 5.10 Å². The molecule has 1 aliphatic carbocycles. The molecule has 22 heavy (non-hydrogen) atoms. The number of aromatic nitrogens is 2. The number of nitrogens with zero attached hydrogens (tertiary/aromatic N) is 2. The molecule has 1 N–H and O–H groups in total. The average Bonchev–Trinajstić information content (AvgIpc) is 3.04. The van der Waals surface area contributed by atoms with E-state index in [-0.39, 0.29) is 5.91 Å². The standard InChI is InChI=1S/C18H21N3O/c22-18(20-16-7-3-1-4-8-16)12-11-15-13-19-21(14-15)17-9-5-2-6-10-17/h2,5-6,9-14,16H,1,3-4,7-8H2,(H,20,22). The fourth-order valence-electron chi connectivity index (χ4n) is 2.81. The van der Waals surface area contributed by atoms with Crippen LogP contribution in [0.4, 0.5) is 0 Å². The number of nitrogens with one attached hydrogen (secondary N) is 1. The number of benzene rings is 1. The molecule has 1 heterocycles. The molecule has 0 saturated heterocycles. The van der Waals surface area contributed by atoms with E-state index >= 15 is 0 Å². The minimum Gasteiger partial charge on any atom is -0.350 e. The lowest BCUT2D eigenvalue weighted by molar-refractivity contribution is -0.117. The van der Waals surface area contributed by atoms with Gasteiger partial charge >= 0.3 is 0 Å². The van der Waals surface area contributed by atoms with E-state index in [2.05, 4.69) is 10.4 Å². The van der Waals surface area contributed by atoms with Gasteiger partial charge in [0.15, 0.2) is 0 Å². The third-order valence-corrected chi connectivity index (χ3v) is 4.00. The summed E-state index contributed by atoms with van der Waals surface area (Å²) >= 11 is 0. The maximum atomic E-state index is 11.9. The summed E-state index contributed by atoms with van der Waals surface area (Å²) in [5.41, 5.74) is 1.93. The van der Waals surface area contributed by atoms with E-state index in [0.29, 0.717) is 6.04 Å². The van der Waals surface area contributed by atoms with Crippen molar-refractivity contribution in [2.75, 3.05) is 0 Å². The summed E-state index contributed by atoms with van der Waals surface area (Å²) in [7, 11) is 0. The lowest BCUT2D eigenvalue weighted by Crippen LogP contribution is -2.34. The van der Waals surface area contributed by atoms with Crippen LogP contribution in [-0.2, 0) is 4.79 Å². The molecule has 114 valence electrons. The second-order valence-corrected chi connectivity index (χ2v) is 5.73. The first kappa shape index (κ1) is 14.6. The fraction of sp³-hybridized carbons (Fsp3) is 0.333. The van der Waals surface area contributed by atoms with Crippen molar-refractivity contribution in [3.8, 4) is 5.69 Å². The first-order valence-corrected chi connectivity index (χ1v) is 7.90. The van der Waals surface area contributed by atoms with E-state index in [9.17, 15) is 4.79 Å². The third kappa shape index (κ3) is 3.85. The zero-order valence-corrected chi connectivity index (χ0v) is 12.6. The molecule has 1 fully saturated rings. The molecule has 0 spiro atoms. The highest BCUT2D eigenvalue weighted by atomic mass is 16.1. The van der Waals surface area contributed by atoms with Crippen LogP contribution in [0.15, 0.2) is 48.8 Å². The van der Waals surface area contributed by atoms with E-state index in [4.69, 9.17) is 0 Å². The molecule has 1 aromatic heterocycles. The number of carbonyl (C=O) groups excluding carboxylic acids is 1. The Balaban J connectivity index is 1.58. The quantitative estimate of drug-likeness (QED) is 0.879. The molecule has 0 aliphatic heterocycles. The molecule has 0 atom stereocenters. The van der Waals surface area contributed by atoms with Crippen LogP contribution >= 0.6 is 0 Å². The van der Waals surface area contributed by atoms with Crippen molar-refractivity contribution in [3.63, 3.8) is 0 Å². The van der Waals surface area contributed by atoms with E-state index in [0.717, 1.165) is 24.1 Å². The molecule has 1 aliphatic rings. The molecule has 0 unspecified atom stereocenters. The van der Waals surface area contributed by atoms with E-state index in [1.54, 1.807) is 17.0 Å². The molecule has 4 nitrogen and oxygen atoms in total. The van der Waals surface area contributed by atoms with Crippen molar-refractivity contribution in [2.24, 2.45) is 0 Å². The van der Waals surface area contributed by atoms with Gasteiger partial charge in [0.2, 0.25) is 5.91 Å². The first-order chi connectivity index (χ1) is 10.8. The van der Waals surface area contributed by atoms with E-state index in [1.807, 2.05) is 42.6 Å². The minimum absolute atomic E-state index is 0.0145. The molecule has 0 bridgehead atoms. The van der Waals surface area contributed by atoms with Gasteiger partial charge in [-0.15, -0.1) is 0 Å². The van der Waals surface area contributed by atoms with Crippen LogP contribution in [0.2, 0.25) is 0 Å². The van der Waals surface area contributed by atoms with Crippen molar-refractivity contribution in [2.45, 2.75) is 38.1 Å². The SMILES string of the molecule is O=C(C=Cc1cnn(-c2ccccc2)c1)NC1CCCCC1. The van der Waals surface area contributed by atoms with Crippen LogP contribution in [0.3, 0.4) is 0 Å². The molecule has 4 heteroatoms. The maximum absolute atomic E-state index is 11.9. The molecule has 1 amide bonds. The summed E-state index contributed by atoms with van der Waals surface area (Å²) in [6.07, 6.45) is 13.0. The lowest BCUT2D eigenvalue weighted by Gasteiger charge is -2.21. The molecule has 2 aromatic rings. The van der Waals surface area contributed by atoms with Gasteiger partial charge in [0, 0.05) is 23.9 Å². The van der Waals surface area contributed by atoms with Gasteiger partial charge in [-0.1, -0.05) is 37.5 Å². The molecular weight excluding hydrogens is 274 g/mol. The lowest BCUT2D eigenvalue weighted by atomic mass is 9.95. The summed E-state index contributed by atoms with van der Waals surface area (Å²) < 4.78 is 1.80. The van der Waals surface area contributed by atoms with Crippen LogP contribution in [0.25, 0.3) is 11.8 Å². The summed E-state index contributed by atoms with van der Waals surface area (Å²) in [6, 6.07) is 10.3. The topological polar surface area (TPSA) is 46.9 Å². The normalized spacial score (nSPS) is 16.0. The molecular formula is C18H21N3O. The van der Waals surface area contributed by atoms with Gasteiger partial charge < -0.3 is 5.32 Å².